The number of aromatic nitrogens is 2. The second-order valence-corrected chi connectivity index (χ2v) is 3.23. The molecule has 0 spiro atoms. The highest BCUT2D eigenvalue weighted by Crippen LogP contribution is 2.21. The average Bonchev–Trinajstić information content (AvgIpc) is 2.36. The number of fused-ring (bicyclic) bond motifs is 1. The van der Waals surface area contributed by atoms with Gasteiger partial charge in [0, 0.05) is 6.20 Å². The SMILES string of the molecule is CC1C=Cc2nc(O)c(C=O)n2C=C1. The number of rotatable bonds is 1. The predicted molar refractivity (Wildman–Crippen MR) is 52.8 cm³/mol. The van der Waals surface area contributed by atoms with Gasteiger partial charge in [0.2, 0.25) is 5.88 Å². The van der Waals surface area contributed by atoms with E-state index in [1.807, 2.05) is 19.1 Å². The van der Waals surface area contributed by atoms with E-state index in [0.29, 0.717) is 18.0 Å². The first kappa shape index (κ1) is 8.74. The minimum atomic E-state index is -0.223. The number of nitrogens with zero attached hydrogens (tertiary/aromatic N) is 2. The Morgan fingerprint density at radius 1 is 1.57 bits per heavy atom. The molecular weight excluding hydrogens is 180 g/mol. The molecule has 0 aromatic carbocycles. The molecule has 14 heavy (non-hydrogen) atoms. The van der Waals surface area contributed by atoms with Gasteiger partial charge in [-0.25, -0.2) is 0 Å². The standard InChI is InChI=1S/C10H10N2O2/c1-7-2-3-9-11-10(14)8(6-13)12(9)5-4-7/h2-7,14H,1H3. The molecule has 1 aliphatic heterocycles. The Balaban J connectivity index is 2.61. The second kappa shape index (κ2) is 3.14. The Morgan fingerprint density at radius 2 is 2.36 bits per heavy atom. The van der Waals surface area contributed by atoms with E-state index in [1.165, 1.54) is 0 Å². The van der Waals surface area contributed by atoms with Gasteiger partial charge in [-0.15, -0.1) is 0 Å². The molecule has 1 aromatic rings. The Labute approximate surface area is 81.2 Å². The van der Waals surface area contributed by atoms with Crippen molar-refractivity contribution in [3.05, 3.63) is 23.7 Å². The van der Waals surface area contributed by atoms with Crippen molar-refractivity contribution in [3.8, 4) is 5.88 Å². The lowest BCUT2D eigenvalue weighted by atomic mass is 10.2. The third kappa shape index (κ3) is 1.25. The van der Waals surface area contributed by atoms with Crippen molar-refractivity contribution in [1.29, 1.82) is 0 Å². The van der Waals surface area contributed by atoms with Crippen molar-refractivity contribution in [2.75, 3.05) is 0 Å². The molecule has 2 rings (SSSR count). The molecule has 0 saturated carbocycles. The fourth-order valence-corrected chi connectivity index (χ4v) is 1.36. The zero-order valence-corrected chi connectivity index (χ0v) is 7.71. The molecule has 1 aromatic heterocycles. The summed E-state index contributed by atoms with van der Waals surface area (Å²) >= 11 is 0. The van der Waals surface area contributed by atoms with Crippen LogP contribution in [-0.4, -0.2) is 20.9 Å². The van der Waals surface area contributed by atoms with Crippen LogP contribution in [0.3, 0.4) is 0 Å². The summed E-state index contributed by atoms with van der Waals surface area (Å²) in [6.45, 7) is 2.03. The van der Waals surface area contributed by atoms with Crippen molar-refractivity contribution in [3.63, 3.8) is 0 Å². The molecule has 1 unspecified atom stereocenters. The fraction of sp³-hybridized carbons (Fsp3) is 0.200. The van der Waals surface area contributed by atoms with Crippen LogP contribution >= 0.6 is 0 Å². The molecule has 0 bridgehead atoms. The lowest BCUT2D eigenvalue weighted by Crippen LogP contribution is -1.94. The third-order valence-corrected chi connectivity index (χ3v) is 2.16. The van der Waals surface area contributed by atoms with Crippen molar-refractivity contribution >= 4 is 18.6 Å². The normalized spacial score (nSPS) is 19.1. The molecule has 4 nitrogen and oxygen atoms in total. The Morgan fingerprint density at radius 3 is 3.07 bits per heavy atom. The number of carbonyl (C=O) groups excluding carboxylic acids is 1. The zero-order chi connectivity index (χ0) is 10.1. The van der Waals surface area contributed by atoms with Crippen LogP contribution in [0.4, 0.5) is 0 Å². The number of carbonyl (C=O) groups is 1. The summed E-state index contributed by atoms with van der Waals surface area (Å²) in [5.41, 5.74) is 0.190. The summed E-state index contributed by atoms with van der Waals surface area (Å²) in [5.74, 6) is 0.655. The predicted octanol–water partition coefficient (Wildman–Crippen LogP) is 1.53. The maximum absolute atomic E-state index is 10.7. The van der Waals surface area contributed by atoms with Gasteiger partial charge in [-0.1, -0.05) is 19.1 Å². The largest absolute Gasteiger partial charge is 0.492 e. The minimum Gasteiger partial charge on any atom is -0.492 e. The van der Waals surface area contributed by atoms with Crippen LogP contribution in [0.15, 0.2) is 12.2 Å². The molecule has 2 heterocycles. The molecule has 0 amide bonds. The summed E-state index contributed by atoms with van der Waals surface area (Å²) in [4.78, 5) is 14.5. The van der Waals surface area contributed by atoms with E-state index in [9.17, 15) is 9.90 Å². The Kier molecular flexibility index (Phi) is 1.96. The molecule has 1 aliphatic rings. The van der Waals surface area contributed by atoms with Crippen molar-refractivity contribution in [1.82, 2.24) is 9.55 Å². The number of hydrogen-bond acceptors (Lipinski definition) is 3. The van der Waals surface area contributed by atoms with Crippen LogP contribution in [0.1, 0.15) is 23.2 Å². The molecule has 1 atom stereocenters. The van der Waals surface area contributed by atoms with Crippen LogP contribution < -0.4 is 0 Å². The monoisotopic (exact) mass is 190 g/mol. The van der Waals surface area contributed by atoms with Gasteiger partial charge in [0.15, 0.2) is 6.29 Å². The molecular formula is C10H10N2O2. The molecule has 0 aliphatic carbocycles. The number of aromatic hydroxyl groups is 1. The topological polar surface area (TPSA) is 55.1 Å². The molecule has 1 N–H and O–H groups in total. The number of allylic oxidation sites excluding steroid dienone is 2. The third-order valence-electron chi connectivity index (χ3n) is 2.16. The maximum atomic E-state index is 10.7. The smallest absolute Gasteiger partial charge is 0.241 e. The highest BCUT2D eigenvalue weighted by atomic mass is 16.3. The van der Waals surface area contributed by atoms with Crippen molar-refractivity contribution < 1.29 is 9.90 Å². The van der Waals surface area contributed by atoms with Gasteiger partial charge in [-0.2, -0.15) is 4.98 Å². The van der Waals surface area contributed by atoms with Crippen LogP contribution in [-0.2, 0) is 0 Å². The highest BCUT2D eigenvalue weighted by Gasteiger charge is 2.13. The molecule has 0 fully saturated rings. The molecule has 72 valence electrons. The van der Waals surface area contributed by atoms with Gasteiger partial charge in [-0.05, 0) is 12.0 Å². The summed E-state index contributed by atoms with van der Waals surface area (Å²) in [5, 5.41) is 9.33. The molecule has 4 heteroatoms. The van der Waals surface area contributed by atoms with Gasteiger partial charge in [0.1, 0.15) is 11.5 Å². The number of imidazole rings is 1. The van der Waals surface area contributed by atoms with E-state index in [1.54, 1.807) is 16.8 Å². The quantitative estimate of drug-likeness (QED) is 0.683. The van der Waals surface area contributed by atoms with Crippen LogP contribution in [0.25, 0.3) is 12.3 Å². The lowest BCUT2D eigenvalue weighted by molar-refractivity contribution is 0.111. The van der Waals surface area contributed by atoms with Crippen molar-refractivity contribution in [2.24, 2.45) is 5.92 Å². The van der Waals surface area contributed by atoms with E-state index < -0.39 is 0 Å². The first-order chi connectivity index (χ1) is 6.72. The molecule has 0 radical (unpaired) electrons. The highest BCUT2D eigenvalue weighted by molar-refractivity contribution is 5.78. The van der Waals surface area contributed by atoms with E-state index in [0.717, 1.165) is 0 Å². The van der Waals surface area contributed by atoms with Gasteiger partial charge in [0.05, 0.1) is 0 Å². The van der Waals surface area contributed by atoms with E-state index in [4.69, 9.17) is 0 Å². The van der Waals surface area contributed by atoms with Gasteiger partial charge >= 0.3 is 0 Å². The Bertz CT molecular complexity index is 430. The van der Waals surface area contributed by atoms with E-state index in [-0.39, 0.29) is 11.6 Å². The first-order valence-electron chi connectivity index (χ1n) is 4.35. The summed E-state index contributed by atoms with van der Waals surface area (Å²) in [6, 6.07) is 0. The Hall–Kier alpha value is -1.84. The summed E-state index contributed by atoms with van der Waals surface area (Å²) in [6.07, 6.45) is 8.02. The van der Waals surface area contributed by atoms with Crippen LogP contribution in [0.5, 0.6) is 5.88 Å². The van der Waals surface area contributed by atoms with E-state index >= 15 is 0 Å². The van der Waals surface area contributed by atoms with E-state index in [2.05, 4.69) is 4.98 Å². The summed E-state index contributed by atoms with van der Waals surface area (Å²) < 4.78 is 1.57. The van der Waals surface area contributed by atoms with Crippen LogP contribution in [0, 0.1) is 5.92 Å². The van der Waals surface area contributed by atoms with Gasteiger partial charge < -0.3 is 5.11 Å². The summed E-state index contributed by atoms with van der Waals surface area (Å²) in [7, 11) is 0. The van der Waals surface area contributed by atoms with Crippen molar-refractivity contribution in [2.45, 2.75) is 6.92 Å². The minimum absolute atomic E-state index is 0.190. The zero-order valence-electron chi connectivity index (χ0n) is 7.71. The van der Waals surface area contributed by atoms with Gasteiger partial charge in [-0.3, -0.25) is 9.36 Å². The maximum Gasteiger partial charge on any atom is 0.241 e. The first-order valence-corrected chi connectivity index (χ1v) is 4.35. The molecule has 0 saturated heterocycles. The number of hydrogen-bond donors (Lipinski definition) is 1. The average molecular weight is 190 g/mol. The fourth-order valence-electron chi connectivity index (χ4n) is 1.36. The second-order valence-electron chi connectivity index (χ2n) is 3.23. The van der Waals surface area contributed by atoms with Crippen LogP contribution in [0.2, 0.25) is 0 Å². The van der Waals surface area contributed by atoms with Gasteiger partial charge in [0.25, 0.3) is 0 Å². The number of aldehydes is 1. The lowest BCUT2D eigenvalue weighted by Gasteiger charge is -1.96.